The normalized spacial score (nSPS) is 19.6. The highest BCUT2D eigenvalue weighted by Crippen LogP contribution is 2.38. The maximum atomic E-state index is 13.0. The first-order valence-electron chi connectivity index (χ1n) is 5.46. The van der Waals surface area contributed by atoms with Gasteiger partial charge >= 0.3 is 6.18 Å². The van der Waals surface area contributed by atoms with Crippen LogP contribution in [0.4, 0.5) is 23.2 Å². The summed E-state index contributed by atoms with van der Waals surface area (Å²) >= 11 is 0. The van der Waals surface area contributed by atoms with E-state index in [-0.39, 0.29) is 18.7 Å². The summed E-state index contributed by atoms with van der Waals surface area (Å²) in [5.74, 6) is 0.438. The molecule has 0 aromatic heterocycles. The molecule has 1 amide bonds. The van der Waals surface area contributed by atoms with Crippen molar-refractivity contribution in [2.45, 2.75) is 12.6 Å². The summed E-state index contributed by atoms with van der Waals surface area (Å²) in [6.45, 7) is 0.0179. The first-order valence-corrected chi connectivity index (χ1v) is 5.46. The fourth-order valence-electron chi connectivity index (χ4n) is 2.02. The monoisotopic (exact) mass is 271 g/mol. The smallest absolute Gasteiger partial charge is 0.311 e. The number of carbonyl (C=O) groups is 1. The van der Waals surface area contributed by atoms with Gasteiger partial charge in [-0.05, 0) is 18.2 Å². The summed E-state index contributed by atoms with van der Waals surface area (Å²) in [4.78, 5) is 12.6. The van der Waals surface area contributed by atoms with E-state index in [1.165, 1.54) is 0 Å². The van der Waals surface area contributed by atoms with Crippen LogP contribution in [0.3, 0.4) is 0 Å². The Labute approximate surface area is 107 Å². The van der Waals surface area contributed by atoms with E-state index in [4.69, 9.17) is 6.42 Å². The maximum Gasteiger partial charge on any atom is 0.418 e. The number of carbonyl (C=O) groups excluding carboxylic acids is 1. The van der Waals surface area contributed by atoms with Crippen LogP contribution < -0.4 is 4.90 Å². The standard InChI is InChI=1S/C13H9F4NO/c1-2-8-5-12(19)18(7-8)11-4-3-9(14)6-10(11)13(15,16)17/h1,3-4,6,8H,5,7H2. The van der Waals surface area contributed by atoms with E-state index in [0.29, 0.717) is 6.07 Å². The predicted molar refractivity (Wildman–Crippen MR) is 60.7 cm³/mol. The second-order valence-corrected chi connectivity index (χ2v) is 4.23. The van der Waals surface area contributed by atoms with E-state index in [1.807, 2.05) is 0 Å². The number of anilines is 1. The van der Waals surface area contributed by atoms with Gasteiger partial charge in [0.25, 0.3) is 0 Å². The number of rotatable bonds is 1. The molecule has 6 heteroatoms. The largest absolute Gasteiger partial charge is 0.418 e. The summed E-state index contributed by atoms with van der Waals surface area (Å²) in [5, 5.41) is 0. The minimum Gasteiger partial charge on any atom is -0.311 e. The Morgan fingerprint density at radius 3 is 2.58 bits per heavy atom. The number of nitrogens with zero attached hydrogens (tertiary/aromatic N) is 1. The molecule has 1 atom stereocenters. The number of hydrogen-bond donors (Lipinski definition) is 0. The Hall–Kier alpha value is -2.03. The van der Waals surface area contributed by atoms with Crippen molar-refractivity contribution in [1.29, 1.82) is 0 Å². The highest BCUT2D eigenvalue weighted by Gasteiger charge is 2.39. The minimum absolute atomic E-state index is 0.00513. The van der Waals surface area contributed by atoms with Crippen molar-refractivity contribution in [3.63, 3.8) is 0 Å². The minimum atomic E-state index is -4.73. The quantitative estimate of drug-likeness (QED) is 0.568. The molecule has 0 N–H and O–H groups in total. The van der Waals surface area contributed by atoms with Crippen LogP contribution in [0.25, 0.3) is 0 Å². The molecule has 1 aliphatic heterocycles. The zero-order valence-corrected chi connectivity index (χ0v) is 9.67. The number of hydrogen-bond acceptors (Lipinski definition) is 1. The van der Waals surface area contributed by atoms with Crippen LogP contribution in [0, 0.1) is 24.1 Å². The Kier molecular flexibility index (Phi) is 3.23. The van der Waals surface area contributed by atoms with E-state index in [0.717, 1.165) is 17.0 Å². The Balaban J connectivity index is 2.46. The molecule has 100 valence electrons. The number of benzene rings is 1. The lowest BCUT2D eigenvalue weighted by Crippen LogP contribution is -2.27. The summed E-state index contributed by atoms with van der Waals surface area (Å²) in [6, 6.07) is 2.22. The first kappa shape index (κ1) is 13.4. The van der Waals surface area contributed by atoms with Crippen LogP contribution >= 0.6 is 0 Å². The van der Waals surface area contributed by atoms with Gasteiger partial charge in [0.15, 0.2) is 0 Å². The van der Waals surface area contributed by atoms with Crippen molar-refractivity contribution in [3.8, 4) is 12.3 Å². The van der Waals surface area contributed by atoms with Gasteiger partial charge in [0.05, 0.1) is 11.3 Å². The predicted octanol–water partition coefficient (Wildman–Crippen LogP) is 2.83. The molecule has 19 heavy (non-hydrogen) atoms. The van der Waals surface area contributed by atoms with Crippen LogP contribution in [-0.4, -0.2) is 12.5 Å². The highest BCUT2D eigenvalue weighted by atomic mass is 19.4. The van der Waals surface area contributed by atoms with Crippen LogP contribution in [0.1, 0.15) is 12.0 Å². The third-order valence-corrected chi connectivity index (χ3v) is 2.92. The third kappa shape index (κ3) is 2.55. The van der Waals surface area contributed by atoms with Crippen molar-refractivity contribution >= 4 is 11.6 Å². The molecule has 0 spiro atoms. The number of terminal acetylenes is 1. The van der Waals surface area contributed by atoms with Gasteiger partial charge in [0, 0.05) is 18.9 Å². The van der Waals surface area contributed by atoms with Crippen molar-refractivity contribution in [2.75, 3.05) is 11.4 Å². The molecule has 0 saturated carbocycles. The first-order chi connectivity index (χ1) is 8.82. The lowest BCUT2D eigenvalue weighted by atomic mass is 10.1. The van der Waals surface area contributed by atoms with Gasteiger partial charge in [-0.2, -0.15) is 13.2 Å². The second-order valence-electron chi connectivity index (χ2n) is 4.23. The van der Waals surface area contributed by atoms with E-state index in [9.17, 15) is 22.4 Å². The van der Waals surface area contributed by atoms with E-state index < -0.39 is 29.4 Å². The molecule has 2 rings (SSSR count). The van der Waals surface area contributed by atoms with Crippen LogP contribution in [-0.2, 0) is 11.0 Å². The average Bonchev–Trinajstić information content (AvgIpc) is 2.69. The number of alkyl halides is 3. The summed E-state index contributed by atoms with van der Waals surface area (Å²) in [6.07, 6.45) is 0.448. The molecule has 0 radical (unpaired) electrons. The maximum absolute atomic E-state index is 13.0. The summed E-state index contributed by atoms with van der Waals surface area (Å²) < 4.78 is 51.5. The molecule has 1 aliphatic rings. The second kappa shape index (κ2) is 4.57. The molecular formula is C13H9F4NO. The lowest BCUT2D eigenvalue weighted by Gasteiger charge is -2.21. The van der Waals surface area contributed by atoms with E-state index in [1.54, 1.807) is 0 Å². The molecule has 1 aromatic rings. The van der Waals surface area contributed by atoms with Gasteiger partial charge in [0.1, 0.15) is 5.82 Å². The van der Waals surface area contributed by atoms with Crippen LogP contribution in [0.2, 0.25) is 0 Å². The molecule has 1 aromatic carbocycles. The number of halogens is 4. The lowest BCUT2D eigenvalue weighted by molar-refractivity contribution is -0.137. The molecule has 1 fully saturated rings. The molecular weight excluding hydrogens is 262 g/mol. The molecule has 1 heterocycles. The van der Waals surface area contributed by atoms with E-state index in [2.05, 4.69) is 5.92 Å². The van der Waals surface area contributed by atoms with Gasteiger partial charge in [-0.25, -0.2) is 4.39 Å². The van der Waals surface area contributed by atoms with Crippen molar-refractivity contribution < 1.29 is 22.4 Å². The topological polar surface area (TPSA) is 20.3 Å². The fourth-order valence-corrected chi connectivity index (χ4v) is 2.02. The average molecular weight is 271 g/mol. The Morgan fingerprint density at radius 2 is 2.05 bits per heavy atom. The Morgan fingerprint density at radius 1 is 1.37 bits per heavy atom. The summed E-state index contributed by atoms with van der Waals surface area (Å²) in [7, 11) is 0. The third-order valence-electron chi connectivity index (χ3n) is 2.92. The van der Waals surface area contributed by atoms with Crippen LogP contribution in [0.5, 0.6) is 0 Å². The Bertz CT molecular complexity index is 559. The van der Waals surface area contributed by atoms with Gasteiger partial charge < -0.3 is 4.90 Å². The SMILES string of the molecule is C#CC1CC(=O)N(c2ccc(F)cc2C(F)(F)F)C1. The van der Waals surface area contributed by atoms with Gasteiger partial charge in [-0.3, -0.25) is 4.79 Å². The van der Waals surface area contributed by atoms with Gasteiger partial charge in [0.2, 0.25) is 5.91 Å². The fraction of sp³-hybridized carbons (Fsp3) is 0.308. The molecule has 1 saturated heterocycles. The zero-order valence-electron chi connectivity index (χ0n) is 9.67. The molecule has 0 bridgehead atoms. The van der Waals surface area contributed by atoms with Crippen LogP contribution in [0.15, 0.2) is 18.2 Å². The zero-order chi connectivity index (χ0) is 14.2. The molecule has 2 nitrogen and oxygen atoms in total. The summed E-state index contributed by atoms with van der Waals surface area (Å²) in [5.41, 5.74) is -1.52. The van der Waals surface area contributed by atoms with Gasteiger partial charge in [-0.1, -0.05) is 0 Å². The van der Waals surface area contributed by atoms with Gasteiger partial charge in [-0.15, -0.1) is 12.3 Å². The highest BCUT2D eigenvalue weighted by molar-refractivity contribution is 5.96. The van der Waals surface area contributed by atoms with Crippen molar-refractivity contribution in [3.05, 3.63) is 29.6 Å². The van der Waals surface area contributed by atoms with Crippen molar-refractivity contribution in [2.24, 2.45) is 5.92 Å². The molecule has 0 aliphatic carbocycles. The molecule has 1 unspecified atom stereocenters. The van der Waals surface area contributed by atoms with Crippen molar-refractivity contribution in [1.82, 2.24) is 0 Å². The number of amides is 1. The van der Waals surface area contributed by atoms with E-state index >= 15 is 0 Å².